The molecule has 3 aromatic rings. The van der Waals surface area contributed by atoms with Crippen LogP contribution in [0.25, 0.3) is 11.3 Å². The van der Waals surface area contributed by atoms with Crippen LogP contribution in [0, 0.1) is 0 Å². The molecule has 2 N–H and O–H groups in total. The maximum atomic E-state index is 4.66. The van der Waals surface area contributed by atoms with E-state index in [1.54, 1.807) is 12.4 Å². The SMILES string of the molecule is CN(C)CCCNc1nc(Nc2ccccc2Br)cc(-c2cccnc2)n1. The fourth-order valence-corrected chi connectivity index (χ4v) is 2.93. The average molecular weight is 427 g/mol. The molecule has 0 fully saturated rings. The first-order chi connectivity index (χ1) is 13.1. The smallest absolute Gasteiger partial charge is 0.225 e. The van der Waals surface area contributed by atoms with Crippen molar-refractivity contribution in [2.45, 2.75) is 6.42 Å². The number of para-hydroxylation sites is 1. The summed E-state index contributed by atoms with van der Waals surface area (Å²) in [4.78, 5) is 15.6. The lowest BCUT2D eigenvalue weighted by Crippen LogP contribution is -2.17. The van der Waals surface area contributed by atoms with E-state index in [0.717, 1.165) is 46.7 Å². The summed E-state index contributed by atoms with van der Waals surface area (Å²) in [6.07, 6.45) is 4.58. The van der Waals surface area contributed by atoms with E-state index in [1.807, 2.05) is 42.5 Å². The lowest BCUT2D eigenvalue weighted by molar-refractivity contribution is 0.405. The van der Waals surface area contributed by atoms with Gasteiger partial charge in [-0.15, -0.1) is 0 Å². The summed E-state index contributed by atoms with van der Waals surface area (Å²) in [5.74, 6) is 1.33. The van der Waals surface area contributed by atoms with Crippen LogP contribution in [0.15, 0.2) is 59.3 Å². The van der Waals surface area contributed by atoms with Gasteiger partial charge in [-0.25, -0.2) is 4.98 Å². The maximum Gasteiger partial charge on any atom is 0.225 e. The van der Waals surface area contributed by atoms with Gasteiger partial charge in [0.1, 0.15) is 5.82 Å². The fourth-order valence-electron chi connectivity index (χ4n) is 2.55. The van der Waals surface area contributed by atoms with Gasteiger partial charge in [0.2, 0.25) is 5.95 Å². The lowest BCUT2D eigenvalue weighted by Gasteiger charge is -2.13. The first-order valence-corrected chi connectivity index (χ1v) is 9.61. The van der Waals surface area contributed by atoms with Crippen LogP contribution in [-0.4, -0.2) is 47.0 Å². The van der Waals surface area contributed by atoms with Crippen LogP contribution >= 0.6 is 15.9 Å². The van der Waals surface area contributed by atoms with Gasteiger partial charge in [0.05, 0.1) is 11.4 Å². The van der Waals surface area contributed by atoms with Crippen molar-refractivity contribution in [3.05, 3.63) is 59.3 Å². The van der Waals surface area contributed by atoms with Crippen molar-refractivity contribution in [3.8, 4) is 11.3 Å². The first kappa shape index (κ1) is 19.3. The van der Waals surface area contributed by atoms with Gasteiger partial charge in [-0.05, 0) is 67.3 Å². The van der Waals surface area contributed by atoms with Crippen LogP contribution in [0.1, 0.15) is 6.42 Å². The Kier molecular flexibility index (Phi) is 6.73. The molecule has 2 heterocycles. The van der Waals surface area contributed by atoms with Crippen molar-refractivity contribution in [1.82, 2.24) is 19.9 Å². The van der Waals surface area contributed by atoms with Crippen LogP contribution in [0.5, 0.6) is 0 Å². The van der Waals surface area contributed by atoms with Gasteiger partial charge in [0, 0.05) is 35.0 Å². The molecule has 140 valence electrons. The minimum atomic E-state index is 0.602. The van der Waals surface area contributed by atoms with Gasteiger partial charge in [0.15, 0.2) is 0 Å². The van der Waals surface area contributed by atoms with Crippen molar-refractivity contribution in [2.75, 3.05) is 37.8 Å². The van der Waals surface area contributed by atoms with Crippen LogP contribution < -0.4 is 10.6 Å². The molecule has 0 amide bonds. The summed E-state index contributed by atoms with van der Waals surface area (Å²) in [6.45, 7) is 1.82. The second kappa shape index (κ2) is 9.43. The van der Waals surface area contributed by atoms with Crippen molar-refractivity contribution < 1.29 is 0 Å². The number of benzene rings is 1. The average Bonchev–Trinajstić information content (AvgIpc) is 2.67. The molecule has 0 atom stereocenters. The maximum absolute atomic E-state index is 4.66. The number of hydrogen-bond donors (Lipinski definition) is 2. The molecule has 27 heavy (non-hydrogen) atoms. The highest BCUT2D eigenvalue weighted by atomic mass is 79.9. The molecule has 7 heteroatoms. The highest BCUT2D eigenvalue weighted by Gasteiger charge is 2.08. The molecular formula is C20H23BrN6. The zero-order valence-electron chi connectivity index (χ0n) is 15.5. The van der Waals surface area contributed by atoms with Crippen molar-refractivity contribution >= 4 is 33.4 Å². The lowest BCUT2D eigenvalue weighted by atomic mass is 10.2. The Labute approximate surface area is 168 Å². The van der Waals surface area contributed by atoms with Gasteiger partial charge < -0.3 is 15.5 Å². The normalized spacial score (nSPS) is 10.8. The number of anilines is 3. The number of nitrogens with one attached hydrogen (secondary N) is 2. The Balaban J connectivity index is 1.85. The number of aromatic nitrogens is 3. The predicted octanol–water partition coefficient (Wildman–Crippen LogP) is 4.41. The molecule has 0 saturated heterocycles. The van der Waals surface area contributed by atoms with E-state index < -0.39 is 0 Å². The Hall–Kier alpha value is -2.51. The summed E-state index contributed by atoms with van der Waals surface area (Å²) in [6, 6.07) is 13.8. The van der Waals surface area contributed by atoms with E-state index in [1.165, 1.54) is 0 Å². The van der Waals surface area contributed by atoms with E-state index >= 15 is 0 Å². The first-order valence-electron chi connectivity index (χ1n) is 8.81. The minimum absolute atomic E-state index is 0.602. The number of hydrogen-bond acceptors (Lipinski definition) is 6. The minimum Gasteiger partial charge on any atom is -0.354 e. The molecule has 1 aromatic carbocycles. The number of halogens is 1. The molecule has 2 aromatic heterocycles. The third kappa shape index (κ3) is 5.74. The Bertz CT molecular complexity index is 869. The molecular weight excluding hydrogens is 404 g/mol. The zero-order chi connectivity index (χ0) is 19.1. The van der Waals surface area contributed by atoms with E-state index in [2.05, 4.69) is 60.5 Å². The van der Waals surface area contributed by atoms with E-state index in [0.29, 0.717) is 5.95 Å². The van der Waals surface area contributed by atoms with Gasteiger partial charge in [0.25, 0.3) is 0 Å². The van der Waals surface area contributed by atoms with Gasteiger partial charge in [-0.3, -0.25) is 4.98 Å². The molecule has 0 aliphatic rings. The number of rotatable bonds is 8. The van der Waals surface area contributed by atoms with Crippen LogP contribution in [-0.2, 0) is 0 Å². The van der Waals surface area contributed by atoms with Crippen LogP contribution in [0.3, 0.4) is 0 Å². The highest BCUT2D eigenvalue weighted by molar-refractivity contribution is 9.10. The molecule has 0 radical (unpaired) electrons. The van der Waals surface area contributed by atoms with Gasteiger partial charge in [-0.2, -0.15) is 4.98 Å². The van der Waals surface area contributed by atoms with E-state index in [9.17, 15) is 0 Å². The third-order valence-corrected chi connectivity index (χ3v) is 4.58. The summed E-state index contributed by atoms with van der Waals surface area (Å²) in [5.41, 5.74) is 2.72. The predicted molar refractivity (Wildman–Crippen MR) is 114 cm³/mol. The molecule has 0 aliphatic carbocycles. The van der Waals surface area contributed by atoms with E-state index in [-0.39, 0.29) is 0 Å². The Morgan fingerprint density at radius 1 is 1.07 bits per heavy atom. The molecule has 0 aliphatic heterocycles. The third-order valence-electron chi connectivity index (χ3n) is 3.89. The summed E-state index contributed by atoms with van der Waals surface area (Å²) >= 11 is 3.56. The number of nitrogens with zero attached hydrogens (tertiary/aromatic N) is 4. The molecule has 0 bridgehead atoms. The van der Waals surface area contributed by atoms with Crippen molar-refractivity contribution in [3.63, 3.8) is 0 Å². The zero-order valence-corrected chi connectivity index (χ0v) is 17.1. The monoisotopic (exact) mass is 426 g/mol. The fraction of sp³-hybridized carbons (Fsp3) is 0.250. The Morgan fingerprint density at radius 2 is 1.93 bits per heavy atom. The molecule has 3 rings (SSSR count). The summed E-state index contributed by atoms with van der Waals surface area (Å²) in [5, 5.41) is 6.69. The summed E-state index contributed by atoms with van der Waals surface area (Å²) in [7, 11) is 4.14. The topological polar surface area (TPSA) is 66.0 Å². The quantitative estimate of drug-likeness (QED) is 0.520. The van der Waals surface area contributed by atoms with E-state index in [4.69, 9.17) is 0 Å². The van der Waals surface area contributed by atoms with Crippen molar-refractivity contribution in [1.29, 1.82) is 0 Å². The van der Waals surface area contributed by atoms with Gasteiger partial charge in [-0.1, -0.05) is 12.1 Å². The molecule has 0 unspecified atom stereocenters. The highest BCUT2D eigenvalue weighted by Crippen LogP contribution is 2.27. The molecule has 0 spiro atoms. The summed E-state index contributed by atoms with van der Waals surface area (Å²) < 4.78 is 0.979. The van der Waals surface area contributed by atoms with Crippen LogP contribution in [0.2, 0.25) is 0 Å². The largest absolute Gasteiger partial charge is 0.354 e. The molecule has 6 nitrogen and oxygen atoms in total. The van der Waals surface area contributed by atoms with Crippen molar-refractivity contribution in [2.24, 2.45) is 0 Å². The second-order valence-corrected chi connectivity index (χ2v) is 7.25. The Morgan fingerprint density at radius 3 is 2.67 bits per heavy atom. The molecule has 0 saturated carbocycles. The van der Waals surface area contributed by atoms with Crippen LogP contribution in [0.4, 0.5) is 17.5 Å². The van der Waals surface area contributed by atoms with Gasteiger partial charge >= 0.3 is 0 Å². The second-order valence-electron chi connectivity index (χ2n) is 6.39. The standard InChI is InChI=1S/C20H23BrN6/c1-27(2)12-6-11-23-20-25-18(15-7-5-10-22-14-15)13-19(26-20)24-17-9-4-3-8-16(17)21/h3-5,7-10,13-14H,6,11-12H2,1-2H3,(H2,23,24,25,26). The number of pyridine rings is 1.